The van der Waals surface area contributed by atoms with Crippen molar-refractivity contribution in [2.45, 2.75) is 22.4 Å². The molecule has 0 fully saturated rings. The van der Waals surface area contributed by atoms with Crippen LogP contribution >= 0.6 is 23.4 Å². The second-order valence-corrected chi connectivity index (χ2v) is 8.20. The highest BCUT2D eigenvalue weighted by Crippen LogP contribution is 2.35. The van der Waals surface area contributed by atoms with E-state index < -0.39 is 18.6 Å². The van der Waals surface area contributed by atoms with Crippen LogP contribution in [0.2, 0.25) is 5.02 Å². The highest BCUT2D eigenvalue weighted by molar-refractivity contribution is 7.99. The van der Waals surface area contributed by atoms with E-state index in [4.69, 9.17) is 27.2 Å². The molecule has 0 saturated heterocycles. The molecule has 7 heteroatoms. The van der Waals surface area contributed by atoms with Gasteiger partial charge in [-0.25, -0.2) is 0 Å². The summed E-state index contributed by atoms with van der Waals surface area (Å²) in [7, 11) is 1.58. The SMILES string of the molecule is CN(C(=O)[C@@H](N)CO)c1ccc(Sc2cccc(OCc3ccccc3)c2)cc1Cl. The topological polar surface area (TPSA) is 75.8 Å². The van der Waals surface area contributed by atoms with Gasteiger partial charge in [-0.15, -0.1) is 0 Å². The summed E-state index contributed by atoms with van der Waals surface area (Å²) in [6.07, 6.45) is 0. The van der Waals surface area contributed by atoms with Crippen LogP contribution in [-0.4, -0.2) is 30.7 Å². The second-order valence-electron chi connectivity index (χ2n) is 6.65. The molecule has 0 aliphatic carbocycles. The van der Waals surface area contributed by atoms with Crippen LogP contribution in [0.4, 0.5) is 5.69 Å². The van der Waals surface area contributed by atoms with Gasteiger partial charge in [0, 0.05) is 16.8 Å². The molecule has 1 amide bonds. The lowest BCUT2D eigenvalue weighted by atomic mass is 10.2. The minimum atomic E-state index is -0.973. The zero-order valence-electron chi connectivity index (χ0n) is 16.5. The quantitative estimate of drug-likeness (QED) is 0.542. The van der Waals surface area contributed by atoms with Gasteiger partial charge in [-0.2, -0.15) is 0 Å². The lowest BCUT2D eigenvalue weighted by Gasteiger charge is -2.21. The number of carbonyl (C=O) groups is 1. The minimum absolute atomic E-state index is 0.400. The maximum Gasteiger partial charge on any atom is 0.246 e. The van der Waals surface area contributed by atoms with E-state index in [1.54, 1.807) is 30.9 Å². The number of nitrogens with two attached hydrogens (primary N) is 1. The fourth-order valence-corrected chi connectivity index (χ4v) is 4.05. The van der Waals surface area contributed by atoms with E-state index in [2.05, 4.69) is 0 Å². The second kappa shape index (κ2) is 10.5. The summed E-state index contributed by atoms with van der Waals surface area (Å²) in [5, 5.41) is 9.51. The Bertz CT molecular complexity index is 1000. The number of benzene rings is 3. The fraction of sp³-hybridized carbons (Fsp3) is 0.174. The summed E-state index contributed by atoms with van der Waals surface area (Å²) >= 11 is 7.94. The van der Waals surface area contributed by atoms with E-state index in [1.165, 1.54) is 4.90 Å². The van der Waals surface area contributed by atoms with Gasteiger partial charge in [0.2, 0.25) is 5.91 Å². The number of nitrogens with zero attached hydrogens (tertiary/aromatic N) is 1. The van der Waals surface area contributed by atoms with Crippen molar-refractivity contribution >= 4 is 35.0 Å². The Morgan fingerprint density at radius 3 is 2.53 bits per heavy atom. The van der Waals surface area contributed by atoms with E-state index in [0.29, 0.717) is 17.3 Å². The summed E-state index contributed by atoms with van der Waals surface area (Å²) in [6, 6.07) is 22.3. The Balaban J connectivity index is 1.68. The Labute approximate surface area is 185 Å². The molecule has 3 aromatic carbocycles. The molecule has 1 atom stereocenters. The highest BCUT2D eigenvalue weighted by Gasteiger charge is 2.20. The molecule has 0 radical (unpaired) electrons. The smallest absolute Gasteiger partial charge is 0.246 e. The van der Waals surface area contributed by atoms with Crippen LogP contribution in [0, 0.1) is 0 Å². The number of ether oxygens (including phenoxy) is 1. The average Bonchev–Trinajstić information content (AvgIpc) is 2.77. The van der Waals surface area contributed by atoms with Gasteiger partial charge < -0.3 is 20.5 Å². The number of aliphatic hydroxyl groups excluding tert-OH is 1. The average molecular weight is 443 g/mol. The molecule has 3 rings (SSSR count). The maximum absolute atomic E-state index is 12.2. The first-order chi connectivity index (χ1) is 14.5. The first-order valence-electron chi connectivity index (χ1n) is 9.36. The van der Waals surface area contributed by atoms with Gasteiger partial charge in [-0.05, 0) is 42.0 Å². The number of carbonyl (C=O) groups excluding carboxylic acids is 1. The van der Waals surface area contributed by atoms with Crippen molar-refractivity contribution < 1.29 is 14.6 Å². The number of likely N-dealkylation sites (N-methyl/N-ethyl adjacent to an activating group) is 1. The minimum Gasteiger partial charge on any atom is -0.489 e. The molecule has 0 heterocycles. The van der Waals surface area contributed by atoms with Crippen molar-refractivity contribution in [3.05, 3.63) is 83.4 Å². The molecular weight excluding hydrogens is 420 g/mol. The maximum atomic E-state index is 12.2. The zero-order chi connectivity index (χ0) is 21.5. The van der Waals surface area contributed by atoms with Crippen LogP contribution in [0.25, 0.3) is 0 Å². The molecule has 0 unspecified atom stereocenters. The standard InChI is InChI=1S/C23H23ClN2O3S/c1-26(23(28)21(25)14-27)22-11-10-19(13-20(22)24)30-18-9-5-8-17(12-18)29-15-16-6-3-2-4-7-16/h2-13,21,27H,14-15,25H2,1H3/t21-/m0/s1. The number of aliphatic hydroxyl groups is 1. The zero-order valence-corrected chi connectivity index (χ0v) is 18.1. The summed E-state index contributed by atoms with van der Waals surface area (Å²) in [5.41, 5.74) is 7.26. The number of hydrogen-bond donors (Lipinski definition) is 2. The third-order valence-electron chi connectivity index (χ3n) is 4.41. The molecule has 30 heavy (non-hydrogen) atoms. The molecule has 0 aliphatic heterocycles. The molecule has 3 aromatic rings. The Morgan fingerprint density at radius 2 is 1.83 bits per heavy atom. The van der Waals surface area contributed by atoms with Gasteiger partial charge in [-0.3, -0.25) is 4.79 Å². The van der Waals surface area contributed by atoms with Gasteiger partial charge in [0.15, 0.2) is 0 Å². The van der Waals surface area contributed by atoms with Crippen molar-refractivity contribution in [1.82, 2.24) is 0 Å². The predicted octanol–water partition coefficient (Wildman–Crippen LogP) is 4.35. The summed E-state index contributed by atoms with van der Waals surface area (Å²) in [4.78, 5) is 15.5. The van der Waals surface area contributed by atoms with E-state index in [0.717, 1.165) is 21.1 Å². The van der Waals surface area contributed by atoms with Crippen LogP contribution in [0.1, 0.15) is 5.56 Å². The number of rotatable bonds is 8. The number of halogens is 1. The van der Waals surface area contributed by atoms with Crippen molar-refractivity contribution in [3.8, 4) is 5.75 Å². The third kappa shape index (κ3) is 5.77. The van der Waals surface area contributed by atoms with Crippen LogP contribution in [0.5, 0.6) is 5.75 Å². The van der Waals surface area contributed by atoms with Gasteiger partial charge in [-0.1, -0.05) is 59.8 Å². The van der Waals surface area contributed by atoms with E-state index in [9.17, 15) is 4.79 Å². The van der Waals surface area contributed by atoms with E-state index in [-0.39, 0.29) is 0 Å². The first-order valence-corrected chi connectivity index (χ1v) is 10.6. The lowest BCUT2D eigenvalue weighted by molar-refractivity contribution is -0.120. The molecule has 0 saturated carbocycles. The van der Waals surface area contributed by atoms with Crippen molar-refractivity contribution in [2.24, 2.45) is 5.73 Å². The van der Waals surface area contributed by atoms with Crippen LogP contribution < -0.4 is 15.4 Å². The monoisotopic (exact) mass is 442 g/mol. The van der Waals surface area contributed by atoms with Gasteiger partial charge in [0.05, 0.1) is 17.3 Å². The Morgan fingerprint density at radius 1 is 1.10 bits per heavy atom. The molecular formula is C23H23ClN2O3S. The van der Waals surface area contributed by atoms with Gasteiger partial charge >= 0.3 is 0 Å². The third-order valence-corrected chi connectivity index (χ3v) is 5.70. The summed E-state index contributed by atoms with van der Waals surface area (Å²) in [5.74, 6) is 0.387. The van der Waals surface area contributed by atoms with Crippen LogP contribution in [-0.2, 0) is 11.4 Å². The van der Waals surface area contributed by atoms with E-state index in [1.807, 2.05) is 60.7 Å². The summed E-state index contributed by atoms with van der Waals surface area (Å²) < 4.78 is 5.89. The van der Waals surface area contributed by atoms with Crippen LogP contribution in [0.3, 0.4) is 0 Å². The highest BCUT2D eigenvalue weighted by atomic mass is 35.5. The number of hydrogen-bond acceptors (Lipinski definition) is 5. The Hall–Kier alpha value is -2.51. The predicted molar refractivity (Wildman–Crippen MR) is 121 cm³/mol. The molecule has 0 bridgehead atoms. The molecule has 3 N–H and O–H groups in total. The van der Waals surface area contributed by atoms with Crippen molar-refractivity contribution in [3.63, 3.8) is 0 Å². The molecule has 156 valence electrons. The number of amides is 1. The lowest BCUT2D eigenvalue weighted by Crippen LogP contribution is -2.44. The Kier molecular flexibility index (Phi) is 7.76. The normalized spacial score (nSPS) is 11.7. The molecule has 0 aliphatic rings. The largest absolute Gasteiger partial charge is 0.489 e. The summed E-state index contributed by atoms with van der Waals surface area (Å²) in [6.45, 7) is 0.0865. The van der Waals surface area contributed by atoms with Crippen LogP contribution in [0.15, 0.2) is 82.6 Å². The fourth-order valence-electron chi connectivity index (χ4n) is 2.77. The number of anilines is 1. The molecule has 0 spiro atoms. The van der Waals surface area contributed by atoms with Gasteiger partial charge in [0.1, 0.15) is 18.4 Å². The van der Waals surface area contributed by atoms with Crippen molar-refractivity contribution in [2.75, 3.05) is 18.6 Å². The van der Waals surface area contributed by atoms with Crippen molar-refractivity contribution in [1.29, 1.82) is 0 Å². The molecule has 0 aromatic heterocycles. The van der Waals surface area contributed by atoms with Gasteiger partial charge in [0.25, 0.3) is 0 Å². The van der Waals surface area contributed by atoms with E-state index >= 15 is 0 Å². The molecule has 5 nitrogen and oxygen atoms in total. The first kappa shape index (κ1) is 22.2.